The number of hydrogen-bond acceptors (Lipinski definition) is 4. The molecule has 2 saturated carbocycles. The average Bonchev–Trinajstić information content (AvgIpc) is 3.22. The minimum absolute atomic E-state index is 0. The highest BCUT2D eigenvalue weighted by atomic mass is 35.5. The van der Waals surface area contributed by atoms with E-state index in [-0.39, 0.29) is 36.2 Å². The minimum atomic E-state index is -0.0160. The lowest BCUT2D eigenvalue weighted by atomic mass is 9.65. The van der Waals surface area contributed by atoms with Gasteiger partial charge in [0.25, 0.3) is 5.91 Å². The number of likely N-dealkylation sites (tertiary alicyclic amines) is 1. The van der Waals surface area contributed by atoms with Gasteiger partial charge in [0.1, 0.15) is 5.75 Å². The average molecular weight is 422 g/mol. The second kappa shape index (κ2) is 9.35. The van der Waals surface area contributed by atoms with Gasteiger partial charge in [-0.15, -0.1) is 12.4 Å². The fraction of sp³-hybridized carbons (Fsp3) is 0.636. The maximum absolute atomic E-state index is 13.0. The van der Waals surface area contributed by atoms with E-state index in [1.54, 1.807) is 25.3 Å². The summed E-state index contributed by atoms with van der Waals surface area (Å²) in [6.45, 7) is 1.61. The Morgan fingerprint density at radius 2 is 1.76 bits per heavy atom. The second-order valence-corrected chi connectivity index (χ2v) is 8.60. The Morgan fingerprint density at radius 1 is 1.10 bits per heavy atom. The third-order valence-corrected chi connectivity index (χ3v) is 6.88. The molecule has 1 aromatic carbocycles. The van der Waals surface area contributed by atoms with Crippen molar-refractivity contribution in [1.82, 2.24) is 4.90 Å². The number of carbonyl (C=O) groups is 2. The number of methoxy groups -OCH3 is 1. The van der Waals surface area contributed by atoms with Crippen LogP contribution in [0.25, 0.3) is 0 Å². The van der Waals surface area contributed by atoms with Crippen LogP contribution in [0.5, 0.6) is 5.75 Å². The van der Waals surface area contributed by atoms with Crippen LogP contribution in [-0.4, -0.2) is 43.0 Å². The highest BCUT2D eigenvalue weighted by molar-refractivity contribution is 5.99. The van der Waals surface area contributed by atoms with Gasteiger partial charge < -0.3 is 20.7 Å². The summed E-state index contributed by atoms with van der Waals surface area (Å²) >= 11 is 0. The molecule has 1 aromatic rings. The maximum atomic E-state index is 13.0. The SMILES string of the molecule is COc1ccc(C(=O)N2CCCC2)cc1NC(=O)C1CC2CCCC(C1)C2N.Cl. The second-order valence-electron chi connectivity index (χ2n) is 8.60. The van der Waals surface area contributed by atoms with Crippen LogP contribution in [-0.2, 0) is 4.79 Å². The lowest BCUT2D eigenvalue weighted by Crippen LogP contribution is -2.48. The Hall–Kier alpha value is -1.79. The zero-order valence-corrected chi connectivity index (χ0v) is 17.9. The number of rotatable bonds is 4. The van der Waals surface area contributed by atoms with Crippen molar-refractivity contribution in [2.24, 2.45) is 23.5 Å². The molecule has 3 aliphatic rings. The van der Waals surface area contributed by atoms with Crippen LogP contribution in [0.3, 0.4) is 0 Å². The molecule has 1 heterocycles. The molecule has 2 bridgehead atoms. The molecule has 7 heteroatoms. The van der Waals surface area contributed by atoms with Crippen molar-refractivity contribution in [2.45, 2.75) is 51.0 Å². The van der Waals surface area contributed by atoms with E-state index >= 15 is 0 Å². The molecular formula is C22H32ClN3O3. The summed E-state index contributed by atoms with van der Waals surface area (Å²) in [7, 11) is 1.58. The van der Waals surface area contributed by atoms with Gasteiger partial charge in [-0.1, -0.05) is 6.42 Å². The van der Waals surface area contributed by atoms with Crippen LogP contribution in [0.4, 0.5) is 5.69 Å². The van der Waals surface area contributed by atoms with Crippen molar-refractivity contribution in [3.05, 3.63) is 23.8 Å². The van der Waals surface area contributed by atoms with Crippen LogP contribution >= 0.6 is 12.4 Å². The van der Waals surface area contributed by atoms with Gasteiger partial charge in [0.15, 0.2) is 0 Å². The van der Waals surface area contributed by atoms with Gasteiger partial charge in [-0.3, -0.25) is 9.59 Å². The highest BCUT2D eigenvalue weighted by Crippen LogP contribution is 2.42. The molecular weight excluding hydrogens is 390 g/mol. The van der Waals surface area contributed by atoms with Crippen molar-refractivity contribution in [3.8, 4) is 5.75 Å². The van der Waals surface area contributed by atoms with Crippen molar-refractivity contribution in [1.29, 1.82) is 0 Å². The molecule has 2 amide bonds. The topological polar surface area (TPSA) is 84.7 Å². The Kier molecular flexibility index (Phi) is 7.06. The number of amides is 2. The molecule has 2 aliphatic carbocycles. The normalized spacial score (nSPS) is 28.4. The van der Waals surface area contributed by atoms with E-state index in [4.69, 9.17) is 10.5 Å². The predicted octanol–water partition coefficient (Wildman–Crippen LogP) is 3.45. The summed E-state index contributed by atoms with van der Waals surface area (Å²) in [6, 6.07) is 5.55. The van der Waals surface area contributed by atoms with Crippen LogP contribution in [0.2, 0.25) is 0 Å². The van der Waals surface area contributed by atoms with Crippen molar-refractivity contribution >= 4 is 29.9 Å². The number of halogens is 1. The zero-order valence-electron chi connectivity index (χ0n) is 17.1. The van der Waals surface area contributed by atoms with Crippen LogP contribution in [0.15, 0.2) is 18.2 Å². The molecule has 160 valence electrons. The fourth-order valence-corrected chi connectivity index (χ4v) is 5.28. The molecule has 3 fully saturated rings. The minimum Gasteiger partial charge on any atom is -0.495 e. The summed E-state index contributed by atoms with van der Waals surface area (Å²) in [5.41, 5.74) is 7.54. The molecule has 2 unspecified atom stereocenters. The molecule has 29 heavy (non-hydrogen) atoms. The molecule has 2 atom stereocenters. The van der Waals surface area contributed by atoms with E-state index in [0.717, 1.165) is 51.6 Å². The first-order valence-corrected chi connectivity index (χ1v) is 10.6. The van der Waals surface area contributed by atoms with E-state index < -0.39 is 0 Å². The summed E-state index contributed by atoms with van der Waals surface area (Å²) < 4.78 is 5.43. The van der Waals surface area contributed by atoms with E-state index in [2.05, 4.69) is 5.32 Å². The Balaban J connectivity index is 0.00000240. The van der Waals surface area contributed by atoms with Crippen molar-refractivity contribution in [2.75, 3.05) is 25.5 Å². The molecule has 0 radical (unpaired) electrons. The van der Waals surface area contributed by atoms with Gasteiger partial charge >= 0.3 is 0 Å². The lowest BCUT2D eigenvalue weighted by Gasteiger charge is -2.43. The third kappa shape index (κ3) is 4.53. The number of carbonyl (C=O) groups excluding carboxylic acids is 2. The van der Waals surface area contributed by atoms with Gasteiger partial charge in [0, 0.05) is 30.6 Å². The van der Waals surface area contributed by atoms with Crippen molar-refractivity contribution < 1.29 is 14.3 Å². The Labute approximate surface area is 178 Å². The summed E-state index contributed by atoms with van der Waals surface area (Å²) in [6.07, 6.45) is 7.31. The number of fused-ring (bicyclic) bond motifs is 2. The van der Waals surface area contributed by atoms with Gasteiger partial charge in [-0.05, 0) is 68.6 Å². The largest absolute Gasteiger partial charge is 0.495 e. The first kappa shape index (κ1) is 21.9. The third-order valence-electron chi connectivity index (χ3n) is 6.88. The number of benzene rings is 1. The van der Waals surface area contributed by atoms with Gasteiger partial charge in [-0.2, -0.15) is 0 Å². The molecule has 4 rings (SSSR count). The highest BCUT2D eigenvalue weighted by Gasteiger charge is 2.40. The molecule has 6 nitrogen and oxygen atoms in total. The number of nitrogens with one attached hydrogen (secondary N) is 1. The molecule has 1 aliphatic heterocycles. The van der Waals surface area contributed by atoms with Crippen molar-refractivity contribution in [3.63, 3.8) is 0 Å². The molecule has 0 spiro atoms. The molecule has 1 saturated heterocycles. The number of hydrogen-bond donors (Lipinski definition) is 2. The van der Waals surface area contributed by atoms with Crippen LogP contribution in [0, 0.1) is 17.8 Å². The fourth-order valence-electron chi connectivity index (χ4n) is 5.28. The van der Waals surface area contributed by atoms with Gasteiger partial charge in [-0.25, -0.2) is 0 Å². The zero-order chi connectivity index (χ0) is 19.7. The first-order chi connectivity index (χ1) is 13.6. The number of anilines is 1. The maximum Gasteiger partial charge on any atom is 0.253 e. The predicted molar refractivity (Wildman–Crippen MR) is 116 cm³/mol. The van der Waals surface area contributed by atoms with Crippen LogP contribution in [0.1, 0.15) is 55.3 Å². The molecule has 3 N–H and O–H groups in total. The number of ether oxygens (including phenoxy) is 1. The number of nitrogens with zero attached hydrogens (tertiary/aromatic N) is 1. The summed E-state index contributed by atoms with van der Waals surface area (Å²) in [5.74, 6) is 1.51. The molecule has 0 aromatic heterocycles. The van der Waals surface area contributed by atoms with Gasteiger partial charge in [0.05, 0.1) is 12.8 Å². The standard InChI is InChI=1S/C22H31N3O3.ClH/c1-28-19-8-7-16(22(27)25-9-2-3-10-25)13-18(19)24-21(26)17-11-14-5-4-6-15(12-17)20(14)23;/h7-8,13-15,17,20H,2-6,9-12,23H2,1H3,(H,24,26);1H. The smallest absolute Gasteiger partial charge is 0.253 e. The number of nitrogens with two attached hydrogens (primary N) is 1. The Bertz CT molecular complexity index is 737. The summed E-state index contributed by atoms with van der Waals surface area (Å²) in [5, 5.41) is 3.05. The van der Waals surface area contributed by atoms with E-state index in [1.807, 2.05) is 4.90 Å². The van der Waals surface area contributed by atoms with Gasteiger partial charge in [0.2, 0.25) is 5.91 Å². The van der Waals surface area contributed by atoms with Crippen LogP contribution < -0.4 is 15.8 Å². The summed E-state index contributed by atoms with van der Waals surface area (Å²) in [4.78, 5) is 27.6. The first-order valence-electron chi connectivity index (χ1n) is 10.6. The lowest BCUT2D eigenvalue weighted by molar-refractivity contribution is -0.122. The quantitative estimate of drug-likeness (QED) is 0.779. The van der Waals surface area contributed by atoms with E-state index in [1.165, 1.54) is 6.42 Å². The van der Waals surface area contributed by atoms with E-state index in [9.17, 15) is 9.59 Å². The Morgan fingerprint density at radius 3 is 2.38 bits per heavy atom. The van der Waals surface area contributed by atoms with E-state index in [0.29, 0.717) is 28.8 Å². The monoisotopic (exact) mass is 421 g/mol.